The summed E-state index contributed by atoms with van der Waals surface area (Å²) in [6, 6.07) is 2.20. The molecule has 0 spiro atoms. The molecule has 1 atom stereocenters. The SMILES string of the molecule is CC(C)CC1CC(=O)N(c2cc(C(F)(F)F)ccc2C(N)=O)C1=O. The van der Waals surface area contributed by atoms with Crippen molar-refractivity contribution in [1.82, 2.24) is 0 Å². The maximum atomic E-state index is 12.9. The second kappa shape index (κ2) is 6.26. The van der Waals surface area contributed by atoms with E-state index in [0.717, 1.165) is 6.07 Å². The summed E-state index contributed by atoms with van der Waals surface area (Å²) in [6.45, 7) is 3.75. The average molecular weight is 342 g/mol. The van der Waals surface area contributed by atoms with E-state index >= 15 is 0 Å². The Balaban J connectivity index is 2.51. The highest BCUT2D eigenvalue weighted by molar-refractivity contribution is 6.23. The van der Waals surface area contributed by atoms with E-state index in [1.807, 2.05) is 13.8 Å². The zero-order valence-electron chi connectivity index (χ0n) is 13.2. The Morgan fingerprint density at radius 1 is 1.33 bits per heavy atom. The number of hydrogen-bond donors (Lipinski definition) is 1. The van der Waals surface area contributed by atoms with Crippen LogP contribution in [0.15, 0.2) is 18.2 Å². The molecule has 0 saturated carbocycles. The molecule has 1 saturated heterocycles. The Bertz CT molecular complexity index is 698. The third-order valence-electron chi connectivity index (χ3n) is 3.83. The van der Waals surface area contributed by atoms with Gasteiger partial charge in [0.1, 0.15) is 0 Å². The van der Waals surface area contributed by atoms with Crippen molar-refractivity contribution in [2.75, 3.05) is 4.90 Å². The number of amides is 3. The van der Waals surface area contributed by atoms with Crippen LogP contribution >= 0.6 is 0 Å². The van der Waals surface area contributed by atoms with E-state index in [1.54, 1.807) is 0 Å². The number of imide groups is 1. The van der Waals surface area contributed by atoms with Gasteiger partial charge in [0.05, 0.1) is 16.8 Å². The number of alkyl halides is 3. The monoisotopic (exact) mass is 342 g/mol. The lowest BCUT2D eigenvalue weighted by molar-refractivity contribution is -0.137. The molecule has 2 rings (SSSR count). The van der Waals surface area contributed by atoms with Gasteiger partial charge in [-0.1, -0.05) is 13.8 Å². The largest absolute Gasteiger partial charge is 0.416 e. The van der Waals surface area contributed by atoms with Crippen LogP contribution < -0.4 is 10.6 Å². The Morgan fingerprint density at radius 3 is 2.46 bits per heavy atom. The first-order valence-corrected chi connectivity index (χ1v) is 7.40. The molecule has 24 heavy (non-hydrogen) atoms. The number of rotatable bonds is 4. The fourth-order valence-electron chi connectivity index (χ4n) is 2.80. The van der Waals surface area contributed by atoms with Crippen molar-refractivity contribution in [3.63, 3.8) is 0 Å². The van der Waals surface area contributed by atoms with Crippen LogP contribution in [0.4, 0.5) is 18.9 Å². The second-order valence-electron chi connectivity index (χ2n) is 6.19. The van der Waals surface area contributed by atoms with Crippen LogP contribution in [0.25, 0.3) is 0 Å². The molecule has 1 unspecified atom stereocenters. The van der Waals surface area contributed by atoms with Gasteiger partial charge >= 0.3 is 6.18 Å². The lowest BCUT2D eigenvalue weighted by Gasteiger charge is -2.20. The molecular weight excluding hydrogens is 325 g/mol. The fourth-order valence-corrected chi connectivity index (χ4v) is 2.80. The van der Waals surface area contributed by atoms with Crippen molar-refractivity contribution in [1.29, 1.82) is 0 Å². The summed E-state index contributed by atoms with van der Waals surface area (Å²) in [7, 11) is 0. The van der Waals surface area contributed by atoms with E-state index in [0.29, 0.717) is 23.5 Å². The highest BCUT2D eigenvalue weighted by atomic mass is 19.4. The Labute approximate surface area is 136 Å². The first-order chi connectivity index (χ1) is 11.0. The molecule has 0 aromatic heterocycles. The molecule has 1 heterocycles. The number of benzene rings is 1. The summed E-state index contributed by atoms with van der Waals surface area (Å²) in [5.41, 5.74) is 3.42. The predicted octanol–water partition coefficient (Wildman–Crippen LogP) is 2.73. The molecule has 2 N–H and O–H groups in total. The first-order valence-electron chi connectivity index (χ1n) is 7.40. The van der Waals surface area contributed by atoms with Crippen LogP contribution in [0.1, 0.15) is 42.6 Å². The van der Waals surface area contributed by atoms with Gasteiger partial charge in [-0.25, -0.2) is 4.90 Å². The fraction of sp³-hybridized carbons (Fsp3) is 0.438. The number of halogens is 3. The smallest absolute Gasteiger partial charge is 0.366 e. The van der Waals surface area contributed by atoms with Crippen LogP contribution in [-0.2, 0) is 15.8 Å². The second-order valence-corrected chi connectivity index (χ2v) is 6.19. The molecule has 5 nitrogen and oxygen atoms in total. The normalized spacial score (nSPS) is 18.6. The number of carbonyl (C=O) groups excluding carboxylic acids is 3. The lowest BCUT2D eigenvalue weighted by Crippen LogP contribution is -2.33. The molecule has 1 aromatic rings. The number of anilines is 1. The third kappa shape index (κ3) is 3.42. The number of primary amides is 1. The highest BCUT2D eigenvalue weighted by Gasteiger charge is 2.42. The minimum absolute atomic E-state index is 0.0918. The van der Waals surface area contributed by atoms with Crippen molar-refractivity contribution in [3.8, 4) is 0 Å². The Morgan fingerprint density at radius 2 is 1.96 bits per heavy atom. The first kappa shape index (κ1) is 18.0. The predicted molar refractivity (Wildman–Crippen MR) is 80.0 cm³/mol. The van der Waals surface area contributed by atoms with Gasteiger partial charge in [0, 0.05) is 12.3 Å². The highest BCUT2D eigenvalue weighted by Crippen LogP contribution is 2.37. The number of carbonyl (C=O) groups is 3. The van der Waals surface area contributed by atoms with Gasteiger partial charge in [-0.3, -0.25) is 14.4 Å². The minimum atomic E-state index is -4.67. The van der Waals surface area contributed by atoms with Crippen LogP contribution in [0.5, 0.6) is 0 Å². The Hall–Kier alpha value is -2.38. The standard InChI is InChI=1S/C16H17F3N2O3/c1-8(2)5-9-6-13(22)21(15(9)24)12-7-10(16(17,18)19)3-4-11(12)14(20)23/h3-4,7-9H,5-6H2,1-2H3,(H2,20,23). The summed E-state index contributed by atoms with van der Waals surface area (Å²) in [6.07, 6.45) is -4.33. The van der Waals surface area contributed by atoms with E-state index in [9.17, 15) is 27.6 Å². The summed E-state index contributed by atoms with van der Waals surface area (Å²) >= 11 is 0. The van der Waals surface area contributed by atoms with E-state index < -0.39 is 41.1 Å². The van der Waals surface area contributed by atoms with Gasteiger partial charge in [-0.15, -0.1) is 0 Å². The van der Waals surface area contributed by atoms with Crippen LogP contribution in [-0.4, -0.2) is 17.7 Å². The molecule has 1 fully saturated rings. The van der Waals surface area contributed by atoms with Crippen molar-refractivity contribution >= 4 is 23.4 Å². The summed E-state index contributed by atoms with van der Waals surface area (Å²) < 4.78 is 38.8. The van der Waals surface area contributed by atoms with Crippen molar-refractivity contribution in [3.05, 3.63) is 29.3 Å². The zero-order valence-corrected chi connectivity index (χ0v) is 13.2. The van der Waals surface area contributed by atoms with Gasteiger partial charge in [-0.05, 0) is 30.5 Å². The van der Waals surface area contributed by atoms with Crippen molar-refractivity contribution < 1.29 is 27.6 Å². The van der Waals surface area contributed by atoms with Gasteiger partial charge in [0.25, 0.3) is 5.91 Å². The van der Waals surface area contributed by atoms with Crippen LogP contribution in [0.3, 0.4) is 0 Å². The maximum Gasteiger partial charge on any atom is 0.416 e. The molecule has 130 valence electrons. The molecule has 3 amide bonds. The minimum Gasteiger partial charge on any atom is -0.366 e. The third-order valence-corrected chi connectivity index (χ3v) is 3.83. The van der Waals surface area contributed by atoms with E-state index in [2.05, 4.69) is 0 Å². The molecular formula is C16H17F3N2O3. The molecule has 1 aromatic carbocycles. The summed E-state index contributed by atoms with van der Waals surface area (Å²) in [5, 5.41) is 0. The van der Waals surface area contributed by atoms with E-state index in [-0.39, 0.29) is 17.9 Å². The zero-order chi connectivity index (χ0) is 18.2. The Kier molecular flexibility index (Phi) is 4.68. The molecule has 1 aliphatic heterocycles. The maximum absolute atomic E-state index is 12.9. The lowest BCUT2D eigenvalue weighted by atomic mass is 9.96. The van der Waals surface area contributed by atoms with Crippen LogP contribution in [0, 0.1) is 11.8 Å². The topological polar surface area (TPSA) is 80.5 Å². The van der Waals surface area contributed by atoms with Gasteiger partial charge in [0.2, 0.25) is 11.8 Å². The molecule has 1 aliphatic rings. The van der Waals surface area contributed by atoms with Crippen molar-refractivity contribution in [2.24, 2.45) is 17.6 Å². The molecule has 0 bridgehead atoms. The van der Waals surface area contributed by atoms with Crippen molar-refractivity contribution in [2.45, 2.75) is 32.9 Å². The van der Waals surface area contributed by atoms with Gasteiger partial charge < -0.3 is 5.73 Å². The van der Waals surface area contributed by atoms with Crippen LogP contribution in [0.2, 0.25) is 0 Å². The van der Waals surface area contributed by atoms with E-state index in [1.165, 1.54) is 0 Å². The number of nitrogens with zero attached hydrogens (tertiary/aromatic N) is 1. The summed E-state index contributed by atoms with van der Waals surface area (Å²) in [4.78, 5) is 36.8. The molecule has 8 heteroatoms. The van der Waals surface area contributed by atoms with Gasteiger partial charge in [-0.2, -0.15) is 13.2 Å². The number of nitrogens with two attached hydrogens (primary N) is 1. The summed E-state index contributed by atoms with van der Waals surface area (Å²) in [5.74, 6) is -2.70. The van der Waals surface area contributed by atoms with E-state index in [4.69, 9.17) is 5.73 Å². The quantitative estimate of drug-likeness (QED) is 0.854. The number of hydrogen-bond acceptors (Lipinski definition) is 3. The molecule has 0 aliphatic carbocycles. The molecule has 0 radical (unpaired) electrons. The van der Waals surface area contributed by atoms with Gasteiger partial charge in [0.15, 0.2) is 0 Å². The average Bonchev–Trinajstić information content (AvgIpc) is 2.71.